The average molecular weight is 284 g/mol. The van der Waals surface area contributed by atoms with Crippen LogP contribution < -0.4 is 5.63 Å². The summed E-state index contributed by atoms with van der Waals surface area (Å²) in [5, 5.41) is 8.94. The van der Waals surface area contributed by atoms with E-state index in [9.17, 15) is 18.4 Å². The molecule has 0 aliphatic carbocycles. The smallest absolute Gasteiger partial charge is 0.347 e. The van der Waals surface area contributed by atoms with E-state index in [1.54, 1.807) is 6.92 Å². The predicted molar refractivity (Wildman–Crippen MR) is 70.0 cm³/mol. The lowest BCUT2D eigenvalue weighted by atomic mass is 10.1. The molecule has 0 spiro atoms. The minimum atomic E-state index is -1.36. The van der Waals surface area contributed by atoms with E-state index in [0.29, 0.717) is 0 Å². The number of ketones is 1. The number of halogens is 2. The molecule has 2 rings (SSSR count). The lowest BCUT2D eigenvalue weighted by Gasteiger charge is -2.03. The van der Waals surface area contributed by atoms with Crippen molar-refractivity contribution in [3.8, 4) is 5.75 Å². The zero-order valence-electron chi connectivity index (χ0n) is 11.3. The molecule has 0 fully saturated rings. The van der Waals surface area contributed by atoms with E-state index in [1.807, 2.05) is 13.8 Å². The molecule has 108 valence electrons. The molecule has 0 aliphatic heterocycles. The Labute approximate surface area is 113 Å². The fourth-order valence-electron chi connectivity index (χ4n) is 1.57. The van der Waals surface area contributed by atoms with E-state index in [4.69, 9.17) is 5.11 Å². The molecule has 0 unspecified atom stereocenters. The molecule has 6 heteroatoms. The number of hydrogen-bond donors (Lipinski definition) is 1. The summed E-state index contributed by atoms with van der Waals surface area (Å²) in [7, 11) is 0. The first-order chi connectivity index (χ1) is 9.45. The van der Waals surface area contributed by atoms with Crippen molar-refractivity contribution in [2.24, 2.45) is 0 Å². The Kier molecular flexibility index (Phi) is 4.96. The number of phenolic OH excluding ortho intramolecular Hbond substituents is 1. The van der Waals surface area contributed by atoms with Crippen LogP contribution in [0.2, 0.25) is 0 Å². The summed E-state index contributed by atoms with van der Waals surface area (Å²) < 4.78 is 31.2. The van der Waals surface area contributed by atoms with Crippen LogP contribution >= 0.6 is 0 Å². The number of Topliss-reactive ketones (excluding diaryl/α,β-unsaturated/α-hetero) is 1. The number of fused-ring (bicyclic) bond motifs is 1. The molecular weight excluding hydrogens is 270 g/mol. The Hall–Kier alpha value is -2.24. The number of phenols is 1. The Morgan fingerprint density at radius 1 is 1.30 bits per heavy atom. The lowest BCUT2D eigenvalue weighted by Crippen LogP contribution is -2.13. The van der Waals surface area contributed by atoms with Crippen LogP contribution in [0.3, 0.4) is 0 Å². The molecule has 4 nitrogen and oxygen atoms in total. The first-order valence-electron chi connectivity index (χ1n) is 6.13. The molecule has 0 saturated heterocycles. The molecule has 0 atom stereocenters. The van der Waals surface area contributed by atoms with Gasteiger partial charge < -0.3 is 9.52 Å². The van der Waals surface area contributed by atoms with E-state index in [1.165, 1.54) is 0 Å². The monoisotopic (exact) mass is 284 g/mol. The van der Waals surface area contributed by atoms with E-state index >= 15 is 0 Å². The topological polar surface area (TPSA) is 67.5 Å². The third kappa shape index (κ3) is 2.68. The van der Waals surface area contributed by atoms with Crippen LogP contribution in [0.15, 0.2) is 21.3 Å². The van der Waals surface area contributed by atoms with Crippen LogP contribution in [-0.2, 0) is 0 Å². The van der Waals surface area contributed by atoms with E-state index < -0.39 is 34.4 Å². The molecule has 1 aromatic heterocycles. The van der Waals surface area contributed by atoms with Gasteiger partial charge in [-0.15, -0.1) is 0 Å². The van der Waals surface area contributed by atoms with E-state index in [0.717, 1.165) is 12.1 Å². The highest BCUT2D eigenvalue weighted by molar-refractivity contribution is 5.98. The van der Waals surface area contributed by atoms with Crippen LogP contribution in [0.5, 0.6) is 5.75 Å². The normalized spacial score (nSPS) is 10.1. The Morgan fingerprint density at radius 3 is 2.45 bits per heavy atom. The van der Waals surface area contributed by atoms with Gasteiger partial charge >= 0.3 is 5.63 Å². The molecule has 20 heavy (non-hydrogen) atoms. The number of carbonyl (C=O) groups is 1. The van der Waals surface area contributed by atoms with Crippen molar-refractivity contribution in [1.29, 1.82) is 0 Å². The number of benzene rings is 1. The summed E-state index contributed by atoms with van der Waals surface area (Å²) in [4.78, 5) is 22.9. The number of aromatic hydroxyl groups is 1. The van der Waals surface area contributed by atoms with Crippen molar-refractivity contribution in [1.82, 2.24) is 0 Å². The Balaban J connectivity index is 0.000000956. The summed E-state index contributed by atoms with van der Waals surface area (Å²) in [5.41, 5.74) is -1.86. The van der Waals surface area contributed by atoms with Crippen LogP contribution in [0.25, 0.3) is 11.0 Å². The lowest BCUT2D eigenvalue weighted by molar-refractivity contribution is 0.0984. The molecule has 0 amide bonds. The van der Waals surface area contributed by atoms with Gasteiger partial charge in [-0.3, -0.25) is 4.79 Å². The fraction of sp³-hybridized carbons (Fsp3) is 0.286. The third-order valence-electron chi connectivity index (χ3n) is 2.51. The van der Waals surface area contributed by atoms with Gasteiger partial charge in [0.25, 0.3) is 0 Å². The quantitative estimate of drug-likeness (QED) is 0.678. The molecule has 1 heterocycles. The van der Waals surface area contributed by atoms with E-state index in [2.05, 4.69) is 4.42 Å². The zero-order valence-corrected chi connectivity index (χ0v) is 11.3. The first kappa shape index (κ1) is 15.8. The van der Waals surface area contributed by atoms with Gasteiger partial charge in [-0.1, -0.05) is 20.8 Å². The summed E-state index contributed by atoms with van der Waals surface area (Å²) in [6, 6.07) is 1.85. The van der Waals surface area contributed by atoms with Gasteiger partial charge in [0.15, 0.2) is 22.9 Å². The van der Waals surface area contributed by atoms with Crippen molar-refractivity contribution in [3.05, 3.63) is 39.8 Å². The largest absolute Gasteiger partial charge is 0.503 e. The first-order valence-corrected chi connectivity index (χ1v) is 6.13. The standard InChI is InChI=1S/C12H8F2O4.C2H6/c1-2-8(15)6-3-5-4-7(13)10(16)9(14)11(5)18-12(6)17;1-2/h3-4,16H,2H2,1H3;1-2H3. The molecule has 0 aliphatic rings. The second-order valence-electron chi connectivity index (χ2n) is 3.66. The van der Waals surface area contributed by atoms with Crippen molar-refractivity contribution in [2.45, 2.75) is 27.2 Å². The number of hydrogen-bond acceptors (Lipinski definition) is 4. The molecular formula is C14H14F2O4. The Morgan fingerprint density at radius 2 is 1.90 bits per heavy atom. The molecule has 0 bridgehead atoms. The van der Waals surface area contributed by atoms with Crippen LogP contribution in [0, 0.1) is 11.6 Å². The SMILES string of the molecule is CC.CCC(=O)c1cc2cc(F)c(O)c(F)c2oc1=O. The molecule has 0 saturated carbocycles. The van der Waals surface area contributed by atoms with Gasteiger partial charge in [0.05, 0.1) is 0 Å². The highest BCUT2D eigenvalue weighted by atomic mass is 19.1. The van der Waals surface area contributed by atoms with Gasteiger partial charge in [0.1, 0.15) is 5.56 Å². The van der Waals surface area contributed by atoms with Crippen molar-refractivity contribution in [3.63, 3.8) is 0 Å². The second kappa shape index (κ2) is 6.27. The highest BCUT2D eigenvalue weighted by Gasteiger charge is 2.18. The number of carbonyl (C=O) groups excluding carboxylic acids is 1. The molecule has 1 N–H and O–H groups in total. The maximum Gasteiger partial charge on any atom is 0.347 e. The van der Waals surface area contributed by atoms with E-state index in [-0.39, 0.29) is 17.4 Å². The van der Waals surface area contributed by atoms with Crippen molar-refractivity contribution in [2.75, 3.05) is 0 Å². The summed E-state index contributed by atoms with van der Waals surface area (Å²) in [6.07, 6.45) is 0.0688. The van der Waals surface area contributed by atoms with Crippen molar-refractivity contribution >= 4 is 16.8 Å². The van der Waals surface area contributed by atoms with Crippen LogP contribution in [0.4, 0.5) is 8.78 Å². The van der Waals surface area contributed by atoms with Gasteiger partial charge in [-0.05, 0) is 12.1 Å². The maximum absolute atomic E-state index is 13.4. The second-order valence-corrected chi connectivity index (χ2v) is 3.66. The maximum atomic E-state index is 13.4. The fourth-order valence-corrected chi connectivity index (χ4v) is 1.57. The zero-order chi connectivity index (χ0) is 15.4. The van der Waals surface area contributed by atoms with Crippen molar-refractivity contribution < 1.29 is 23.1 Å². The minimum absolute atomic E-state index is 0.0688. The highest BCUT2D eigenvalue weighted by Crippen LogP contribution is 2.28. The third-order valence-corrected chi connectivity index (χ3v) is 2.51. The Bertz CT molecular complexity index is 704. The average Bonchev–Trinajstić information content (AvgIpc) is 2.47. The molecule has 0 radical (unpaired) electrons. The number of rotatable bonds is 2. The van der Waals surface area contributed by atoms with Gasteiger partial charge in [0.2, 0.25) is 5.82 Å². The molecule has 1 aromatic carbocycles. The minimum Gasteiger partial charge on any atom is -0.503 e. The van der Waals surface area contributed by atoms with Gasteiger partial charge in [-0.25, -0.2) is 9.18 Å². The van der Waals surface area contributed by atoms with Crippen LogP contribution in [0.1, 0.15) is 37.6 Å². The predicted octanol–water partition coefficient (Wildman–Crippen LogP) is 3.40. The molecule has 2 aromatic rings. The van der Waals surface area contributed by atoms with Gasteiger partial charge in [0, 0.05) is 11.8 Å². The van der Waals surface area contributed by atoms with Gasteiger partial charge in [-0.2, -0.15) is 4.39 Å². The van der Waals surface area contributed by atoms with Crippen LogP contribution in [-0.4, -0.2) is 10.9 Å². The summed E-state index contributed by atoms with van der Waals surface area (Å²) in [6.45, 7) is 5.55. The summed E-state index contributed by atoms with van der Waals surface area (Å²) >= 11 is 0. The summed E-state index contributed by atoms with van der Waals surface area (Å²) in [5.74, 6) is -4.26.